The Kier molecular flexibility index (Phi) is 5.14. The van der Waals surface area contributed by atoms with Crippen molar-refractivity contribution in [1.82, 2.24) is 19.6 Å². The van der Waals surface area contributed by atoms with E-state index in [4.69, 9.17) is 5.10 Å². The van der Waals surface area contributed by atoms with Gasteiger partial charge in [-0.05, 0) is 18.7 Å². The first-order chi connectivity index (χ1) is 12.8. The number of hydrogen-bond acceptors (Lipinski definition) is 3. The molecule has 0 saturated carbocycles. The molecule has 1 saturated heterocycles. The van der Waals surface area contributed by atoms with E-state index >= 15 is 0 Å². The molecule has 0 spiro atoms. The average Bonchev–Trinajstić information content (AvgIpc) is 3.14. The summed E-state index contributed by atoms with van der Waals surface area (Å²) in [6.45, 7) is 8.90. The van der Waals surface area contributed by atoms with Crippen LogP contribution in [0.25, 0.3) is 16.9 Å². The number of para-hydroxylation sites is 1. The van der Waals surface area contributed by atoms with Crippen LogP contribution in [0.2, 0.25) is 0 Å². The third kappa shape index (κ3) is 3.71. The minimum absolute atomic E-state index is 0.953. The van der Waals surface area contributed by atoms with Crippen LogP contribution in [0.5, 0.6) is 0 Å². The quantitative estimate of drug-likeness (QED) is 0.704. The van der Waals surface area contributed by atoms with Crippen molar-refractivity contribution in [2.75, 3.05) is 32.7 Å². The molecule has 1 fully saturated rings. The van der Waals surface area contributed by atoms with Crippen LogP contribution >= 0.6 is 0 Å². The Morgan fingerprint density at radius 3 is 2.08 bits per heavy atom. The summed E-state index contributed by atoms with van der Waals surface area (Å²) >= 11 is 0. The fourth-order valence-corrected chi connectivity index (χ4v) is 3.58. The molecule has 2 aromatic carbocycles. The number of aromatic nitrogens is 2. The number of nitrogens with zero attached hydrogens (tertiary/aromatic N) is 4. The molecule has 4 nitrogen and oxygen atoms in total. The topological polar surface area (TPSA) is 24.3 Å². The van der Waals surface area contributed by atoms with Gasteiger partial charge in [0, 0.05) is 50.0 Å². The van der Waals surface area contributed by atoms with E-state index in [1.54, 1.807) is 0 Å². The molecule has 0 radical (unpaired) electrons. The van der Waals surface area contributed by atoms with Gasteiger partial charge in [0.2, 0.25) is 0 Å². The second kappa shape index (κ2) is 7.85. The fourth-order valence-electron chi connectivity index (χ4n) is 3.58. The van der Waals surface area contributed by atoms with Gasteiger partial charge < -0.3 is 4.90 Å². The summed E-state index contributed by atoms with van der Waals surface area (Å²) in [5, 5.41) is 4.93. The van der Waals surface area contributed by atoms with Gasteiger partial charge in [0.05, 0.1) is 11.4 Å². The molecule has 0 unspecified atom stereocenters. The van der Waals surface area contributed by atoms with Crippen LogP contribution in [0.15, 0.2) is 66.9 Å². The normalized spacial score (nSPS) is 16.0. The lowest BCUT2D eigenvalue weighted by Gasteiger charge is -2.33. The second-order valence-corrected chi connectivity index (χ2v) is 6.86. The highest BCUT2D eigenvalue weighted by molar-refractivity contribution is 5.63. The lowest BCUT2D eigenvalue weighted by Crippen LogP contribution is -2.45. The predicted octanol–water partition coefficient (Wildman–Crippen LogP) is 3.68. The van der Waals surface area contributed by atoms with Crippen molar-refractivity contribution in [3.05, 3.63) is 72.4 Å². The van der Waals surface area contributed by atoms with E-state index < -0.39 is 0 Å². The molecule has 2 heterocycles. The van der Waals surface area contributed by atoms with Gasteiger partial charge in [0.25, 0.3) is 0 Å². The minimum Gasteiger partial charge on any atom is -0.301 e. The molecule has 1 aliphatic rings. The number of hydrogen-bond donors (Lipinski definition) is 0. The van der Waals surface area contributed by atoms with Gasteiger partial charge in [-0.25, -0.2) is 4.68 Å². The van der Waals surface area contributed by atoms with Gasteiger partial charge in [-0.15, -0.1) is 0 Å². The molecule has 1 aromatic heterocycles. The summed E-state index contributed by atoms with van der Waals surface area (Å²) in [6.07, 6.45) is 2.20. The van der Waals surface area contributed by atoms with Crippen LogP contribution in [-0.2, 0) is 6.54 Å². The molecule has 26 heavy (non-hydrogen) atoms. The highest BCUT2D eigenvalue weighted by atomic mass is 15.3. The summed E-state index contributed by atoms with van der Waals surface area (Å²) in [6, 6.07) is 20.9. The van der Waals surface area contributed by atoms with Gasteiger partial charge in [-0.3, -0.25) is 4.90 Å². The summed E-state index contributed by atoms with van der Waals surface area (Å²) in [4.78, 5) is 5.06. The smallest absolute Gasteiger partial charge is 0.0972 e. The molecule has 0 amide bonds. The Bertz CT molecular complexity index is 818. The molecule has 0 N–H and O–H groups in total. The van der Waals surface area contributed by atoms with Crippen molar-refractivity contribution >= 4 is 0 Å². The maximum Gasteiger partial charge on any atom is 0.0972 e. The van der Waals surface area contributed by atoms with Crippen LogP contribution in [0.1, 0.15) is 12.5 Å². The van der Waals surface area contributed by atoms with E-state index in [1.807, 2.05) is 10.7 Å². The first-order valence-corrected chi connectivity index (χ1v) is 9.47. The van der Waals surface area contributed by atoms with Crippen LogP contribution in [-0.4, -0.2) is 52.3 Å². The lowest BCUT2D eigenvalue weighted by atomic mass is 10.1. The highest BCUT2D eigenvalue weighted by Gasteiger charge is 2.19. The summed E-state index contributed by atoms with van der Waals surface area (Å²) < 4.78 is 2.01. The van der Waals surface area contributed by atoms with Crippen molar-refractivity contribution in [1.29, 1.82) is 0 Å². The predicted molar refractivity (Wildman–Crippen MR) is 106 cm³/mol. The molecule has 0 aliphatic carbocycles. The summed E-state index contributed by atoms with van der Waals surface area (Å²) in [5.41, 5.74) is 4.67. The SMILES string of the molecule is CCN1CCN(Cc2cn(-c3ccccc3)nc2-c2ccccc2)CC1. The molecule has 4 rings (SSSR count). The molecule has 134 valence electrons. The Hall–Kier alpha value is -2.43. The molecule has 3 aromatic rings. The minimum atomic E-state index is 0.953. The van der Waals surface area contributed by atoms with Crippen molar-refractivity contribution in [3.8, 4) is 16.9 Å². The average molecular weight is 346 g/mol. The van der Waals surface area contributed by atoms with Crippen LogP contribution in [0.4, 0.5) is 0 Å². The number of piperazine rings is 1. The van der Waals surface area contributed by atoms with Crippen LogP contribution < -0.4 is 0 Å². The Balaban J connectivity index is 1.63. The zero-order valence-electron chi connectivity index (χ0n) is 15.4. The zero-order chi connectivity index (χ0) is 17.8. The van der Waals surface area contributed by atoms with Gasteiger partial charge in [-0.1, -0.05) is 55.5 Å². The van der Waals surface area contributed by atoms with Gasteiger partial charge in [0.1, 0.15) is 0 Å². The fraction of sp³-hybridized carbons (Fsp3) is 0.318. The number of benzene rings is 2. The molecule has 4 heteroatoms. The number of likely N-dealkylation sites (N-methyl/N-ethyl adjacent to an activating group) is 1. The first-order valence-electron chi connectivity index (χ1n) is 9.47. The van der Waals surface area contributed by atoms with E-state index in [0.29, 0.717) is 0 Å². The standard InChI is InChI=1S/C22H26N4/c1-2-24-13-15-25(16-14-24)17-20-18-26(21-11-7-4-8-12-21)23-22(20)19-9-5-3-6-10-19/h3-12,18H,2,13-17H2,1H3. The van der Waals surface area contributed by atoms with Gasteiger partial charge in [0.15, 0.2) is 0 Å². The first kappa shape index (κ1) is 17.0. The summed E-state index contributed by atoms with van der Waals surface area (Å²) in [5.74, 6) is 0. The summed E-state index contributed by atoms with van der Waals surface area (Å²) in [7, 11) is 0. The maximum absolute atomic E-state index is 4.93. The molecule has 0 bridgehead atoms. The third-order valence-electron chi connectivity index (χ3n) is 5.16. The van der Waals surface area contributed by atoms with E-state index in [9.17, 15) is 0 Å². The Morgan fingerprint density at radius 1 is 0.808 bits per heavy atom. The molecular formula is C22H26N4. The molecule has 1 aliphatic heterocycles. The van der Waals surface area contributed by atoms with E-state index in [2.05, 4.69) is 77.5 Å². The van der Waals surface area contributed by atoms with Crippen LogP contribution in [0.3, 0.4) is 0 Å². The molecule has 0 atom stereocenters. The van der Waals surface area contributed by atoms with E-state index in [1.165, 1.54) is 11.1 Å². The van der Waals surface area contributed by atoms with Crippen LogP contribution in [0, 0.1) is 0 Å². The largest absolute Gasteiger partial charge is 0.301 e. The number of rotatable bonds is 5. The molecular weight excluding hydrogens is 320 g/mol. The Morgan fingerprint density at radius 2 is 1.42 bits per heavy atom. The Labute approximate surface area is 155 Å². The van der Waals surface area contributed by atoms with Crippen molar-refractivity contribution in [3.63, 3.8) is 0 Å². The highest BCUT2D eigenvalue weighted by Crippen LogP contribution is 2.25. The van der Waals surface area contributed by atoms with Gasteiger partial charge >= 0.3 is 0 Å². The third-order valence-corrected chi connectivity index (χ3v) is 5.16. The van der Waals surface area contributed by atoms with E-state index in [0.717, 1.165) is 50.6 Å². The lowest BCUT2D eigenvalue weighted by molar-refractivity contribution is 0.132. The zero-order valence-corrected chi connectivity index (χ0v) is 15.4. The van der Waals surface area contributed by atoms with Crippen molar-refractivity contribution in [2.24, 2.45) is 0 Å². The second-order valence-electron chi connectivity index (χ2n) is 6.86. The van der Waals surface area contributed by atoms with Gasteiger partial charge in [-0.2, -0.15) is 5.10 Å². The monoisotopic (exact) mass is 346 g/mol. The van der Waals surface area contributed by atoms with Crippen molar-refractivity contribution in [2.45, 2.75) is 13.5 Å². The van der Waals surface area contributed by atoms with E-state index in [-0.39, 0.29) is 0 Å². The van der Waals surface area contributed by atoms with Crippen molar-refractivity contribution < 1.29 is 0 Å². The maximum atomic E-state index is 4.93.